The van der Waals surface area contributed by atoms with E-state index in [-0.39, 0.29) is 17.3 Å². The molecule has 0 bridgehead atoms. The molecule has 0 unspecified atom stereocenters. The molecule has 2 aliphatic rings. The van der Waals surface area contributed by atoms with Gasteiger partial charge in [-0.2, -0.15) is 4.58 Å². The minimum Gasteiger partial charge on any atom is -0.481 e. The molecular weight excluding hydrogens is 480 g/mol. The second-order valence-electron chi connectivity index (χ2n) is 11.8. The number of carboxylic acid groups (broad SMARTS) is 1. The third kappa shape index (κ3) is 3.81. The minimum absolute atomic E-state index is 0.0823. The maximum atomic E-state index is 11.6. The maximum Gasteiger partial charge on any atom is 0.309 e. The highest BCUT2D eigenvalue weighted by Gasteiger charge is 2.45. The van der Waals surface area contributed by atoms with Gasteiger partial charge in [-0.05, 0) is 59.2 Å². The molecule has 0 radical (unpaired) electrons. The number of carbonyl (C=O) groups is 1. The molecule has 0 saturated carbocycles. The number of hydrogen-bond donors (Lipinski definition) is 1. The van der Waals surface area contributed by atoms with Gasteiger partial charge in [-0.1, -0.05) is 74.5 Å². The predicted octanol–water partition coefficient (Wildman–Crippen LogP) is 7.71. The molecule has 0 saturated heterocycles. The van der Waals surface area contributed by atoms with Crippen LogP contribution < -0.4 is 4.90 Å². The van der Waals surface area contributed by atoms with Gasteiger partial charge in [-0.3, -0.25) is 4.79 Å². The van der Waals surface area contributed by atoms with E-state index in [0.717, 1.165) is 11.4 Å². The van der Waals surface area contributed by atoms with Crippen LogP contribution in [0.25, 0.3) is 21.5 Å². The van der Waals surface area contributed by atoms with E-state index in [1.54, 1.807) is 0 Å². The van der Waals surface area contributed by atoms with E-state index in [4.69, 9.17) is 0 Å². The Morgan fingerprint density at radius 2 is 1.46 bits per heavy atom. The normalized spacial score (nSPS) is 18.5. The van der Waals surface area contributed by atoms with Gasteiger partial charge in [0.25, 0.3) is 0 Å². The number of nitrogens with zero attached hydrogens (tertiary/aromatic N) is 2. The molecule has 0 aliphatic carbocycles. The van der Waals surface area contributed by atoms with Crippen molar-refractivity contribution in [3.8, 4) is 0 Å². The van der Waals surface area contributed by atoms with Gasteiger partial charge >= 0.3 is 5.97 Å². The lowest BCUT2D eigenvalue weighted by Gasteiger charge is -2.24. The van der Waals surface area contributed by atoms with Crippen LogP contribution in [-0.4, -0.2) is 35.0 Å². The number of allylic oxidation sites excluding steroid dienone is 4. The van der Waals surface area contributed by atoms with Crippen molar-refractivity contribution in [3.63, 3.8) is 0 Å². The zero-order valence-corrected chi connectivity index (χ0v) is 23.3. The van der Waals surface area contributed by atoms with Gasteiger partial charge in [0.05, 0.1) is 5.41 Å². The molecule has 0 fully saturated rings. The number of fused-ring (bicyclic) bond motifs is 6. The Labute approximate surface area is 230 Å². The Balaban J connectivity index is 1.45. The number of likely N-dealkylation sites (N-methyl/N-ethyl adjacent to an activating group) is 1. The number of carboxylic acids is 1. The molecule has 196 valence electrons. The second-order valence-corrected chi connectivity index (χ2v) is 11.8. The fraction of sp³-hybridized carbons (Fsp3) is 0.257. The van der Waals surface area contributed by atoms with Crippen molar-refractivity contribution in [2.24, 2.45) is 0 Å². The third-order valence-electron chi connectivity index (χ3n) is 8.71. The molecule has 1 N–H and O–H groups in total. The van der Waals surface area contributed by atoms with Gasteiger partial charge in [0.1, 0.15) is 6.42 Å². The molecule has 4 nitrogen and oxygen atoms in total. The number of rotatable bonds is 5. The number of benzene rings is 4. The van der Waals surface area contributed by atoms with E-state index in [9.17, 15) is 9.90 Å². The molecule has 2 heterocycles. The van der Waals surface area contributed by atoms with Crippen LogP contribution in [0.5, 0.6) is 0 Å². The van der Waals surface area contributed by atoms with Crippen molar-refractivity contribution in [3.05, 3.63) is 108 Å². The molecule has 4 heteroatoms. The van der Waals surface area contributed by atoms with Crippen molar-refractivity contribution in [2.75, 3.05) is 18.5 Å². The van der Waals surface area contributed by atoms with E-state index >= 15 is 0 Å². The van der Waals surface area contributed by atoms with E-state index in [0.29, 0.717) is 6.54 Å². The van der Waals surface area contributed by atoms with E-state index in [1.165, 1.54) is 44.1 Å². The van der Waals surface area contributed by atoms with Crippen LogP contribution >= 0.6 is 0 Å². The molecule has 4 aromatic carbocycles. The van der Waals surface area contributed by atoms with Crippen molar-refractivity contribution in [2.45, 2.75) is 44.9 Å². The first-order chi connectivity index (χ1) is 18.6. The highest BCUT2D eigenvalue weighted by atomic mass is 16.4. The fourth-order valence-corrected chi connectivity index (χ4v) is 6.91. The molecule has 2 aliphatic heterocycles. The summed E-state index contributed by atoms with van der Waals surface area (Å²) >= 11 is 0. The van der Waals surface area contributed by atoms with Gasteiger partial charge in [0, 0.05) is 41.6 Å². The summed E-state index contributed by atoms with van der Waals surface area (Å²) < 4.78 is 2.21. The summed E-state index contributed by atoms with van der Waals surface area (Å²) in [5, 5.41) is 14.5. The van der Waals surface area contributed by atoms with E-state index in [2.05, 4.69) is 135 Å². The van der Waals surface area contributed by atoms with E-state index < -0.39 is 5.97 Å². The molecule has 4 aromatic rings. The van der Waals surface area contributed by atoms with Crippen LogP contribution in [0.1, 0.15) is 45.2 Å². The monoisotopic (exact) mass is 515 g/mol. The summed E-state index contributed by atoms with van der Waals surface area (Å²) in [5.74, 6) is -0.785. The highest BCUT2D eigenvalue weighted by molar-refractivity contribution is 6.07. The zero-order chi connectivity index (χ0) is 27.5. The minimum atomic E-state index is -0.785. The largest absolute Gasteiger partial charge is 0.481 e. The Bertz CT molecular complexity index is 1750. The molecule has 0 atom stereocenters. The fourth-order valence-electron chi connectivity index (χ4n) is 6.91. The van der Waals surface area contributed by atoms with Crippen molar-refractivity contribution in [1.82, 2.24) is 0 Å². The first-order valence-corrected chi connectivity index (χ1v) is 13.7. The standard InChI is InChI=1S/C35H34N2O2/c1-34(2)29(36(5)27-19-17-23-11-6-8-13-25(23)32(27)34)15-10-16-30-35(3,4)33-26-14-9-7-12-24(26)18-20-28(33)37(30)22-21-31(38)39/h6-20H,21-22H2,1-5H3/p+1. The van der Waals surface area contributed by atoms with Gasteiger partial charge in [0.15, 0.2) is 12.3 Å². The molecule has 0 amide bonds. The highest BCUT2D eigenvalue weighted by Crippen LogP contribution is 2.50. The molecular formula is C35H35N2O2+. The number of aliphatic carboxylic acids is 1. The van der Waals surface area contributed by atoms with Crippen LogP contribution in [0, 0.1) is 0 Å². The van der Waals surface area contributed by atoms with Crippen LogP contribution in [0.2, 0.25) is 0 Å². The van der Waals surface area contributed by atoms with Gasteiger partial charge < -0.3 is 10.0 Å². The zero-order valence-electron chi connectivity index (χ0n) is 23.3. The van der Waals surface area contributed by atoms with Crippen molar-refractivity contribution >= 4 is 44.6 Å². The summed E-state index contributed by atoms with van der Waals surface area (Å²) in [4.78, 5) is 13.9. The smallest absolute Gasteiger partial charge is 0.309 e. The van der Waals surface area contributed by atoms with Crippen LogP contribution in [0.4, 0.5) is 11.4 Å². The Hall–Kier alpha value is -4.18. The van der Waals surface area contributed by atoms with Crippen LogP contribution in [0.15, 0.2) is 96.7 Å². The quantitative estimate of drug-likeness (QED) is 0.277. The lowest BCUT2D eigenvalue weighted by atomic mass is 9.79. The van der Waals surface area contributed by atoms with Crippen molar-refractivity contribution < 1.29 is 14.5 Å². The maximum absolute atomic E-state index is 11.6. The van der Waals surface area contributed by atoms with Crippen LogP contribution in [0.3, 0.4) is 0 Å². The summed E-state index contributed by atoms with van der Waals surface area (Å²) in [7, 11) is 2.15. The molecule has 6 rings (SSSR count). The Morgan fingerprint density at radius 1 is 0.846 bits per heavy atom. The topological polar surface area (TPSA) is 43.5 Å². The molecule has 0 aromatic heterocycles. The average molecular weight is 516 g/mol. The first-order valence-electron chi connectivity index (χ1n) is 13.7. The summed E-state index contributed by atoms with van der Waals surface area (Å²) in [6.07, 6.45) is 6.66. The Morgan fingerprint density at radius 3 is 2.13 bits per heavy atom. The average Bonchev–Trinajstić information content (AvgIpc) is 3.25. The lowest BCUT2D eigenvalue weighted by Crippen LogP contribution is -2.28. The summed E-state index contributed by atoms with van der Waals surface area (Å²) in [6.45, 7) is 9.53. The third-order valence-corrected chi connectivity index (χ3v) is 8.71. The number of anilines is 1. The summed E-state index contributed by atoms with van der Waals surface area (Å²) in [6, 6.07) is 25.8. The number of hydrogen-bond acceptors (Lipinski definition) is 2. The lowest BCUT2D eigenvalue weighted by molar-refractivity contribution is -0.436. The Kier molecular flexibility index (Phi) is 5.76. The molecule has 39 heavy (non-hydrogen) atoms. The van der Waals surface area contributed by atoms with Gasteiger partial charge in [-0.15, -0.1) is 0 Å². The van der Waals surface area contributed by atoms with Crippen LogP contribution in [-0.2, 0) is 15.6 Å². The van der Waals surface area contributed by atoms with Gasteiger partial charge in [0.2, 0.25) is 5.69 Å². The summed E-state index contributed by atoms with van der Waals surface area (Å²) in [5.41, 5.74) is 6.88. The second kappa shape index (κ2) is 8.94. The van der Waals surface area contributed by atoms with Crippen molar-refractivity contribution in [1.29, 1.82) is 0 Å². The SMILES string of the molecule is CN1/C(=C/C=C/C2=[N+](CCC(=O)O)c3ccc4ccccc4c3C2(C)C)C(C)(C)c2c1ccc1ccccc21. The first kappa shape index (κ1) is 25.1. The molecule has 0 spiro atoms. The predicted molar refractivity (Wildman–Crippen MR) is 162 cm³/mol. The van der Waals surface area contributed by atoms with E-state index in [1.807, 2.05) is 0 Å². The van der Waals surface area contributed by atoms with Gasteiger partial charge in [-0.25, -0.2) is 0 Å².